The molecule has 2 radical (unpaired) electrons. The zero-order valence-corrected chi connectivity index (χ0v) is 12.4. The van der Waals surface area contributed by atoms with Crippen molar-refractivity contribution in [2.75, 3.05) is 0 Å². The van der Waals surface area contributed by atoms with Gasteiger partial charge in [0.05, 0.1) is 0 Å². The molecular weight excluding hydrogens is 514 g/mol. The first kappa shape index (κ1) is 15.7. The number of rotatable bonds is 0. The van der Waals surface area contributed by atoms with Crippen molar-refractivity contribution in [2.45, 2.75) is 0 Å². The molecule has 0 aliphatic heterocycles. The van der Waals surface area contributed by atoms with Gasteiger partial charge in [0.1, 0.15) is 0 Å². The summed E-state index contributed by atoms with van der Waals surface area (Å²) < 4.78 is 0. The SMILES string of the molecule is O=C(O)O.[Ac].[Ac]. The minimum atomic E-state index is -1.83. The van der Waals surface area contributed by atoms with E-state index in [0.29, 0.717) is 0 Å². The molecule has 30 valence electrons. The molecule has 0 amide bonds. The van der Waals surface area contributed by atoms with E-state index in [2.05, 4.69) is 0 Å². The van der Waals surface area contributed by atoms with Crippen LogP contribution in [-0.2, 0) is 0 Å². The van der Waals surface area contributed by atoms with Gasteiger partial charge in [0.25, 0.3) is 0 Å². The number of hydrogen-bond donors (Lipinski definition) is 2. The maximum atomic E-state index is 8.56. The van der Waals surface area contributed by atoms with Gasteiger partial charge in [0.2, 0.25) is 0 Å². The standard InChI is InChI=1S/CH2O3.2Ac/c2-1(3)4;;/h(H2,2,3,4);;. The van der Waals surface area contributed by atoms with E-state index < -0.39 is 6.16 Å². The summed E-state index contributed by atoms with van der Waals surface area (Å²) >= 11 is 0. The summed E-state index contributed by atoms with van der Waals surface area (Å²) in [5.74, 6) is 0. The maximum Gasteiger partial charge on any atom is 0.503 e. The van der Waals surface area contributed by atoms with Gasteiger partial charge in [0.15, 0.2) is 0 Å². The molecule has 0 fully saturated rings. The van der Waals surface area contributed by atoms with Crippen molar-refractivity contribution in [1.29, 1.82) is 0 Å². The third-order valence-corrected chi connectivity index (χ3v) is 0. The van der Waals surface area contributed by atoms with Crippen LogP contribution < -0.4 is 0 Å². The quantitative estimate of drug-likeness (QED) is 0.485. The second-order valence-electron chi connectivity index (χ2n) is 0.283. The normalized spacial score (nSPS) is 4.00. The molecule has 0 saturated carbocycles. The van der Waals surface area contributed by atoms with E-state index in [4.69, 9.17) is 15.0 Å². The van der Waals surface area contributed by atoms with Gasteiger partial charge in [-0.2, -0.15) is 0 Å². The first-order chi connectivity index (χ1) is 1.73. The predicted molar refractivity (Wildman–Crippen MR) is 10.7 cm³/mol. The van der Waals surface area contributed by atoms with Crippen LogP contribution in [0.25, 0.3) is 0 Å². The molecule has 0 heterocycles. The van der Waals surface area contributed by atoms with Crippen LogP contribution in [0.2, 0.25) is 0 Å². The minimum absolute atomic E-state index is 0. The fraction of sp³-hybridized carbons (Fsp3) is 0. The van der Waals surface area contributed by atoms with Gasteiger partial charge in [-0.15, -0.1) is 0 Å². The monoisotopic (exact) mass is 516 g/mol. The van der Waals surface area contributed by atoms with Crippen LogP contribution in [0.15, 0.2) is 0 Å². The second kappa shape index (κ2) is 10.2. The van der Waals surface area contributed by atoms with Crippen molar-refractivity contribution in [3.8, 4) is 0 Å². The average Bonchev–Trinajstić information content (AvgIpc) is 0.811. The van der Waals surface area contributed by atoms with Crippen LogP contribution in [0.1, 0.15) is 0 Å². The Balaban J connectivity index is -0.0000000450. The van der Waals surface area contributed by atoms with Crippen LogP contribution in [0.4, 0.5) is 4.79 Å². The molecule has 3 nitrogen and oxygen atoms in total. The summed E-state index contributed by atoms with van der Waals surface area (Å²) in [5, 5.41) is 13.9. The molecule has 0 bridgehead atoms. The molecule has 0 saturated heterocycles. The smallest absolute Gasteiger partial charge is 0.450 e. The zero-order valence-electron chi connectivity index (χ0n) is 2.96. The topological polar surface area (TPSA) is 57.5 Å². The molecule has 2 N–H and O–H groups in total. The van der Waals surface area contributed by atoms with E-state index >= 15 is 0 Å². The molecule has 0 atom stereocenters. The Morgan fingerprint density at radius 1 is 1.17 bits per heavy atom. The molecule has 0 aromatic heterocycles. The van der Waals surface area contributed by atoms with Crippen molar-refractivity contribution in [3.05, 3.63) is 0 Å². The molecule has 0 aliphatic carbocycles. The van der Waals surface area contributed by atoms with Crippen LogP contribution in [-0.4, -0.2) is 16.4 Å². The second-order valence-corrected chi connectivity index (χ2v) is 0.283. The molecule has 0 aliphatic rings. The molecule has 0 rings (SSSR count). The molecule has 0 unspecified atom stereocenters. The van der Waals surface area contributed by atoms with E-state index in [1.54, 1.807) is 0 Å². The molecular formula is CH2Ac2O3. The third kappa shape index (κ3) is 35.2. The van der Waals surface area contributed by atoms with Crippen molar-refractivity contribution in [2.24, 2.45) is 0 Å². The Hall–Kier alpha value is 2.15. The van der Waals surface area contributed by atoms with Crippen molar-refractivity contribution >= 4 is 6.16 Å². The van der Waals surface area contributed by atoms with Crippen LogP contribution >= 0.6 is 0 Å². The van der Waals surface area contributed by atoms with E-state index in [1.165, 1.54) is 0 Å². The van der Waals surface area contributed by atoms with Crippen LogP contribution in [0.5, 0.6) is 0 Å². The van der Waals surface area contributed by atoms with Crippen molar-refractivity contribution in [3.63, 3.8) is 0 Å². The molecule has 0 aromatic rings. The fourth-order valence-corrected chi connectivity index (χ4v) is 0. The van der Waals surface area contributed by atoms with E-state index in [0.717, 1.165) is 0 Å². The van der Waals surface area contributed by atoms with Crippen molar-refractivity contribution < 1.29 is 103 Å². The van der Waals surface area contributed by atoms with E-state index in [-0.39, 0.29) is 88.1 Å². The Labute approximate surface area is 107 Å². The third-order valence-electron chi connectivity index (χ3n) is 0. The molecule has 0 spiro atoms. The summed E-state index contributed by atoms with van der Waals surface area (Å²) in [7, 11) is 0. The Morgan fingerprint density at radius 3 is 1.17 bits per heavy atom. The van der Waals surface area contributed by atoms with Crippen LogP contribution in [0.3, 0.4) is 0 Å². The summed E-state index contributed by atoms with van der Waals surface area (Å²) in [6, 6.07) is 0. The van der Waals surface area contributed by atoms with Gasteiger partial charge >= 0.3 is 6.16 Å². The molecule has 6 heavy (non-hydrogen) atoms. The summed E-state index contributed by atoms with van der Waals surface area (Å²) in [5.41, 5.74) is 0. The van der Waals surface area contributed by atoms with E-state index in [1.807, 2.05) is 0 Å². The number of carbonyl (C=O) groups is 1. The summed E-state index contributed by atoms with van der Waals surface area (Å²) in [6.45, 7) is 0. The van der Waals surface area contributed by atoms with Gasteiger partial charge in [0, 0.05) is 88.1 Å². The van der Waals surface area contributed by atoms with Crippen LogP contribution in [0, 0.1) is 88.1 Å². The first-order valence-electron chi connectivity index (χ1n) is 0.651. The van der Waals surface area contributed by atoms with Gasteiger partial charge in [-0.05, 0) is 0 Å². The summed E-state index contributed by atoms with van der Waals surface area (Å²) in [4.78, 5) is 8.56. The van der Waals surface area contributed by atoms with Crippen molar-refractivity contribution in [1.82, 2.24) is 0 Å². The van der Waals surface area contributed by atoms with E-state index in [9.17, 15) is 0 Å². The number of carboxylic acid groups (broad SMARTS) is 2. The first-order valence-corrected chi connectivity index (χ1v) is 0.651. The number of hydrogen-bond acceptors (Lipinski definition) is 1. The predicted octanol–water partition coefficient (Wildman–Crippen LogP) is 0.222. The fourth-order valence-electron chi connectivity index (χ4n) is 0. The largest absolute Gasteiger partial charge is 0.503 e. The minimum Gasteiger partial charge on any atom is -0.450 e. The maximum absolute atomic E-state index is 8.56. The van der Waals surface area contributed by atoms with Gasteiger partial charge in [-0.3, -0.25) is 0 Å². The Bertz CT molecular complexity index is 31.8. The average molecular weight is 516 g/mol. The van der Waals surface area contributed by atoms with Gasteiger partial charge in [-0.25, -0.2) is 4.79 Å². The van der Waals surface area contributed by atoms with Gasteiger partial charge < -0.3 is 10.2 Å². The van der Waals surface area contributed by atoms with Gasteiger partial charge in [-0.1, -0.05) is 0 Å². The summed E-state index contributed by atoms with van der Waals surface area (Å²) in [6.07, 6.45) is -1.83. The Kier molecular flexibility index (Phi) is 26.7. The zero-order chi connectivity index (χ0) is 3.58. The molecule has 0 aromatic carbocycles. The molecule has 5 heteroatoms. The Morgan fingerprint density at radius 2 is 1.17 bits per heavy atom.